The topological polar surface area (TPSA) is 65.1 Å². The Labute approximate surface area is 170 Å². The molecule has 2 amide bonds. The lowest BCUT2D eigenvalue weighted by molar-refractivity contribution is -0.132. The Bertz CT molecular complexity index is 480. The van der Waals surface area contributed by atoms with Crippen LogP contribution in [-0.4, -0.2) is 98.6 Å². The van der Waals surface area contributed by atoms with Crippen molar-refractivity contribution in [1.29, 1.82) is 0 Å². The van der Waals surface area contributed by atoms with Crippen molar-refractivity contribution in [3.05, 3.63) is 0 Å². The standard InChI is InChI=1S/C21H40N4O3/c1-4-24-11-5-6-20(24)17-25(21(27)7-10-22-18(2)26)16-19-8-12-23(13-9-19)14-15-28-3/h19-20H,4-17H2,1-3H3,(H,22,26)/t20-/m1/s1. The molecule has 1 atom stereocenters. The summed E-state index contributed by atoms with van der Waals surface area (Å²) in [6, 6.07) is 0.483. The van der Waals surface area contributed by atoms with Gasteiger partial charge in [-0.3, -0.25) is 14.5 Å². The number of amides is 2. The molecule has 0 unspecified atom stereocenters. The number of carbonyl (C=O) groups is 2. The number of hydrogen-bond acceptors (Lipinski definition) is 5. The molecule has 0 aromatic heterocycles. The van der Waals surface area contributed by atoms with E-state index in [0.29, 0.717) is 24.9 Å². The number of piperidine rings is 1. The first-order valence-corrected chi connectivity index (χ1v) is 11.0. The molecule has 2 fully saturated rings. The van der Waals surface area contributed by atoms with E-state index >= 15 is 0 Å². The maximum atomic E-state index is 12.9. The van der Waals surface area contributed by atoms with Crippen molar-refractivity contribution in [1.82, 2.24) is 20.0 Å². The fraction of sp³-hybridized carbons (Fsp3) is 0.905. The molecule has 0 radical (unpaired) electrons. The van der Waals surface area contributed by atoms with E-state index in [2.05, 4.69) is 26.9 Å². The minimum Gasteiger partial charge on any atom is -0.383 e. The summed E-state index contributed by atoms with van der Waals surface area (Å²) in [5, 5.41) is 2.76. The molecule has 2 saturated heterocycles. The number of likely N-dealkylation sites (tertiary alicyclic amines) is 2. The van der Waals surface area contributed by atoms with Crippen LogP contribution in [0.1, 0.15) is 46.0 Å². The number of nitrogens with one attached hydrogen (secondary N) is 1. The van der Waals surface area contributed by atoms with Gasteiger partial charge in [-0.25, -0.2) is 0 Å². The zero-order valence-corrected chi connectivity index (χ0v) is 18.1. The molecule has 1 N–H and O–H groups in total. The van der Waals surface area contributed by atoms with E-state index in [0.717, 1.165) is 65.3 Å². The third-order valence-electron chi connectivity index (χ3n) is 6.20. The number of rotatable bonds is 11. The van der Waals surface area contributed by atoms with Crippen LogP contribution in [0, 0.1) is 5.92 Å². The van der Waals surface area contributed by atoms with E-state index in [1.165, 1.54) is 19.8 Å². The second-order valence-electron chi connectivity index (χ2n) is 8.23. The lowest BCUT2D eigenvalue weighted by Gasteiger charge is -2.36. The summed E-state index contributed by atoms with van der Waals surface area (Å²) in [6.07, 6.45) is 5.08. The van der Waals surface area contributed by atoms with Gasteiger partial charge in [0.15, 0.2) is 0 Å². The quantitative estimate of drug-likeness (QED) is 0.568. The molecule has 7 nitrogen and oxygen atoms in total. The average molecular weight is 397 g/mol. The molecular formula is C21H40N4O3. The Hall–Kier alpha value is -1.18. The van der Waals surface area contributed by atoms with Crippen molar-refractivity contribution >= 4 is 11.8 Å². The highest BCUT2D eigenvalue weighted by Gasteiger charge is 2.29. The first-order chi connectivity index (χ1) is 13.5. The Kier molecular flexibility index (Phi) is 10.2. The molecule has 0 aliphatic carbocycles. The smallest absolute Gasteiger partial charge is 0.224 e. The van der Waals surface area contributed by atoms with E-state index < -0.39 is 0 Å². The molecule has 0 aromatic carbocycles. The molecule has 0 aromatic rings. The van der Waals surface area contributed by atoms with Gasteiger partial charge in [-0.15, -0.1) is 0 Å². The minimum absolute atomic E-state index is 0.0734. The Morgan fingerprint density at radius 2 is 1.89 bits per heavy atom. The van der Waals surface area contributed by atoms with Gasteiger partial charge in [0.25, 0.3) is 0 Å². The summed E-state index contributed by atoms with van der Waals surface area (Å²) in [6.45, 7) is 12.0. The van der Waals surface area contributed by atoms with E-state index in [1.807, 2.05) is 0 Å². The van der Waals surface area contributed by atoms with Gasteiger partial charge >= 0.3 is 0 Å². The van der Waals surface area contributed by atoms with Crippen molar-refractivity contribution in [3.8, 4) is 0 Å². The van der Waals surface area contributed by atoms with Crippen molar-refractivity contribution < 1.29 is 14.3 Å². The van der Waals surface area contributed by atoms with Crippen LogP contribution in [0.3, 0.4) is 0 Å². The number of nitrogens with zero attached hydrogens (tertiary/aromatic N) is 3. The molecule has 162 valence electrons. The summed E-state index contributed by atoms with van der Waals surface area (Å²) in [5.41, 5.74) is 0. The van der Waals surface area contributed by atoms with Gasteiger partial charge < -0.3 is 19.9 Å². The highest BCUT2D eigenvalue weighted by Crippen LogP contribution is 2.22. The second kappa shape index (κ2) is 12.4. The lowest BCUT2D eigenvalue weighted by atomic mass is 9.95. The summed E-state index contributed by atoms with van der Waals surface area (Å²) in [5.74, 6) is 0.675. The second-order valence-corrected chi connectivity index (χ2v) is 8.23. The maximum Gasteiger partial charge on any atom is 0.224 e. The largest absolute Gasteiger partial charge is 0.383 e. The first-order valence-electron chi connectivity index (χ1n) is 11.0. The SMILES string of the molecule is CCN1CCC[C@@H]1CN(CC1CCN(CCOC)CC1)C(=O)CCNC(C)=O. The van der Waals surface area contributed by atoms with Gasteiger partial charge in [-0.05, 0) is 57.8 Å². The van der Waals surface area contributed by atoms with Crippen LogP contribution in [-0.2, 0) is 14.3 Å². The van der Waals surface area contributed by atoms with E-state index in [1.54, 1.807) is 7.11 Å². The van der Waals surface area contributed by atoms with Crippen LogP contribution in [0.5, 0.6) is 0 Å². The average Bonchev–Trinajstić information content (AvgIpc) is 3.13. The number of carbonyl (C=O) groups excluding carboxylic acids is 2. The van der Waals surface area contributed by atoms with E-state index in [9.17, 15) is 9.59 Å². The van der Waals surface area contributed by atoms with Crippen molar-refractivity contribution in [3.63, 3.8) is 0 Å². The summed E-state index contributed by atoms with van der Waals surface area (Å²) in [4.78, 5) is 31.1. The first kappa shape index (κ1) is 23.1. The fourth-order valence-corrected chi connectivity index (χ4v) is 4.48. The molecule has 2 aliphatic heterocycles. The molecule has 0 spiro atoms. The molecular weight excluding hydrogens is 356 g/mol. The van der Waals surface area contributed by atoms with Gasteiger partial charge in [-0.1, -0.05) is 6.92 Å². The predicted molar refractivity (Wildman–Crippen MR) is 111 cm³/mol. The highest BCUT2D eigenvalue weighted by atomic mass is 16.5. The Morgan fingerprint density at radius 1 is 1.14 bits per heavy atom. The summed E-state index contributed by atoms with van der Waals surface area (Å²) in [7, 11) is 1.75. The Balaban J connectivity index is 1.88. The van der Waals surface area contributed by atoms with Crippen LogP contribution in [0.25, 0.3) is 0 Å². The van der Waals surface area contributed by atoms with Crippen LogP contribution >= 0.6 is 0 Å². The van der Waals surface area contributed by atoms with Gasteiger partial charge in [0.2, 0.25) is 11.8 Å². The Morgan fingerprint density at radius 3 is 2.54 bits per heavy atom. The molecule has 0 saturated carbocycles. The number of methoxy groups -OCH3 is 1. The van der Waals surface area contributed by atoms with Gasteiger partial charge in [-0.2, -0.15) is 0 Å². The number of hydrogen-bond donors (Lipinski definition) is 1. The molecule has 0 bridgehead atoms. The van der Waals surface area contributed by atoms with E-state index in [-0.39, 0.29) is 11.8 Å². The third-order valence-corrected chi connectivity index (χ3v) is 6.20. The van der Waals surface area contributed by atoms with E-state index in [4.69, 9.17) is 4.74 Å². The molecule has 2 rings (SSSR count). The number of ether oxygens (including phenoxy) is 1. The number of likely N-dealkylation sites (N-methyl/N-ethyl adjacent to an activating group) is 1. The predicted octanol–water partition coefficient (Wildman–Crippen LogP) is 1.18. The van der Waals surface area contributed by atoms with Crippen LogP contribution in [0.2, 0.25) is 0 Å². The van der Waals surface area contributed by atoms with Crippen LogP contribution in [0.4, 0.5) is 0 Å². The van der Waals surface area contributed by atoms with Gasteiger partial charge in [0.05, 0.1) is 6.61 Å². The van der Waals surface area contributed by atoms with Crippen LogP contribution in [0.15, 0.2) is 0 Å². The minimum atomic E-state index is -0.0734. The highest BCUT2D eigenvalue weighted by molar-refractivity contribution is 5.78. The lowest BCUT2D eigenvalue weighted by Crippen LogP contribution is -2.47. The van der Waals surface area contributed by atoms with Crippen molar-refractivity contribution in [2.45, 2.75) is 52.0 Å². The molecule has 28 heavy (non-hydrogen) atoms. The zero-order chi connectivity index (χ0) is 20.4. The normalized spacial score (nSPS) is 21.8. The van der Waals surface area contributed by atoms with Gasteiger partial charge in [0, 0.05) is 52.7 Å². The van der Waals surface area contributed by atoms with Crippen molar-refractivity contribution in [2.75, 3.05) is 66.1 Å². The molecule has 7 heteroatoms. The van der Waals surface area contributed by atoms with Gasteiger partial charge in [0.1, 0.15) is 0 Å². The third kappa shape index (κ3) is 7.68. The zero-order valence-electron chi connectivity index (χ0n) is 18.1. The maximum absolute atomic E-state index is 12.9. The fourth-order valence-electron chi connectivity index (χ4n) is 4.48. The molecule has 2 heterocycles. The monoisotopic (exact) mass is 396 g/mol. The van der Waals surface area contributed by atoms with Crippen LogP contribution < -0.4 is 5.32 Å². The molecule has 2 aliphatic rings. The van der Waals surface area contributed by atoms with Crippen molar-refractivity contribution in [2.24, 2.45) is 5.92 Å². The summed E-state index contributed by atoms with van der Waals surface area (Å²) < 4.78 is 5.19. The summed E-state index contributed by atoms with van der Waals surface area (Å²) >= 11 is 0.